The Morgan fingerprint density at radius 3 is 2.79 bits per heavy atom. The van der Waals surface area contributed by atoms with Gasteiger partial charge in [0.25, 0.3) is 5.91 Å². The van der Waals surface area contributed by atoms with Gasteiger partial charge in [0.15, 0.2) is 11.6 Å². The summed E-state index contributed by atoms with van der Waals surface area (Å²) >= 11 is 0. The van der Waals surface area contributed by atoms with Crippen molar-refractivity contribution in [3.8, 4) is 0 Å². The highest BCUT2D eigenvalue weighted by atomic mass is 19.2. The van der Waals surface area contributed by atoms with E-state index in [9.17, 15) is 13.6 Å². The number of carbonyl (C=O) groups is 1. The van der Waals surface area contributed by atoms with Gasteiger partial charge in [-0.1, -0.05) is 6.07 Å². The van der Waals surface area contributed by atoms with E-state index in [0.717, 1.165) is 6.07 Å². The van der Waals surface area contributed by atoms with E-state index in [1.165, 1.54) is 30.5 Å². The minimum Gasteiger partial charge on any atom is -0.319 e. The van der Waals surface area contributed by atoms with Crippen LogP contribution in [-0.2, 0) is 0 Å². The van der Waals surface area contributed by atoms with Crippen molar-refractivity contribution < 1.29 is 13.6 Å². The number of pyridine rings is 1. The van der Waals surface area contributed by atoms with Gasteiger partial charge in [0, 0.05) is 11.8 Å². The highest BCUT2D eigenvalue weighted by Gasteiger charge is 2.12. The monoisotopic (exact) mass is 264 g/mol. The van der Waals surface area contributed by atoms with Crippen LogP contribution in [0.25, 0.3) is 0 Å². The lowest BCUT2D eigenvalue weighted by Crippen LogP contribution is -2.15. The number of nitrogens with one attached hydrogen (secondary N) is 2. The quantitative estimate of drug-likeness (QED) is 0.584. The van der Waals surface area contributed by atoms with E-state index < -0.39 is 17.5 Å². The Bertz CT molecular complexity index is 618. The number of rotatable bonds is 3. The minimum atomic E-state index is -1.11. The predicted octanol–water partition coefficient (Wildman–Crippen LogP) is 1.90. The molecule has 4 N–H and O–H groups in total. The zero-order chi connectivity index (χ0) is 13.8. The summed E-state index contributed by atoms with van der Waals surface area (Å²) < 4.78 is 26.4. The van der Waals surface area contributed by atoms with E-state index >= 15 is 0 Å². The normalized spacial score (nSPS) is 10.1. The van der Waals surface area contributed by atoms with Crippen LogP contribution < -0.4 is 16.6 Å². The van der Waals surface area contributed by atoms with E-state index in [0.29, 0.717) is 0 Å². The van der Waals surface area contributed by atoms with Crippen molar-refractivity contribution in [2.45, 2.75) is 0 Å². The molecule has 0 saturated heterocycles. The van der Waals surface area contributed by atoms with Crippen molar-refractivity contribution >= 4 is 17.4 Å². The molecule has 0 bridgehead atoms. The molecule has 7 heteroatoms. The van der Waals surface area contributed by atoms with E-state index in [1.807, 2.05) is 0 Å². The summed E-state index contributed by atoms with van der Waals surface area (Å²) in [6.07, 6.45) is 1.37. The largest absolute Gasteiger partial charge is 0.319 e. The maximum atomic E-state index is 13.4. The van der Waals surface area contributed by atoms with Crippen LogP contribution in [0.3, 0.4) is 0 Å². The molecule has 19 heavy (non-hydrogen) atoms. The van der Waals surface area contributed by atoms with E-state index in [4.69, 9.17) is 5.84 Å². The number of nitrogen functional groups attached to an aromatic ring is 1. The van der Waals surface area contributed by atoms with Gasteiger partial charge in [-0.2, -0.15) is 0 Å². The molecule has 0 saturated carbocycles. The lowest BCUT2D eigenvalue weighted by atomic mass is 10.2. The number of nitrogens with zero attached hydrogens (tertiary/aromatic N) is 1. The number of nitrogens with two attached hydrogens (primary N) is 1. The number of hydrogen-bond donors (Lipinski definition) is 3. The molecule has 0 atom stereocenters. The van der Waals surface area contributed by atoms with Crippen LogP contribution in [0.4, 0.5) is 20.3 Å². The standard InChI is InChI=1S/C12H10F2N4O/c13-8-2-1-3-9(11(8)14)17-12(19)7-4-5-16-10(6-7)18-15/h1-6H,15H2,(H,16,18)(H,17,19). The van der Waals surface area contributed by atoms with Crippen LogP contribution in [0.2, 0.25) is 0 Å². The summed E-state index contributed by atoms with van der Waals surface area (Å²) in [7, 11) is 0. The molecule has 2 aromatic rings. The van der Waals surface area contributed by atoms with Crippen molar-refractivity contribution in [2.24, 2.45) is 5.84 Å². The van der Waals surface area contributed by atoms with Crippen LogP contribution >= 0.6 is 0 Å². The van der Waals surface area contributed by atoms with Crippen LogP contribution in [0, 0.1) is 11.6 Å². The number of anilines is 2. The second-order valence-electron chi connectivity index (χ2n) is 3.63. The number of benzene rings is 1. The molecule has 0 spiro atoms. The second-order valence-corrected chi connectivity index (χ2v) is 3.63. The number of hydrogen-bond acceptors (Lipinski definition) is 4. The first-order valence-corrected chi connectivity index (χ1v) is 5.30. The molecule has 0 fully saturated rings. The predicted molar refractivity (Wildman–Crippen MR) is 66.4 cm³/mol. The first-order chi connectivity index (χ1) is 9.11. The van der Waals surface area contributed by atoms with E-state index in [1.54, 1.807) is 0 Å². The Balaban J connectivity index is 2.23. The van der Waals surface area contributed by atoms with Gasteiger partial charge in [0.05, 0.1) is 5.69 Å². The maximum absolute atomic E-state index is 13.4. The smallest absolute Gasteiger partial charge is 0.255 e. The summed E-state index contributed by atoms with van der Waals surface area (Å²) in [5, 5.41) is 2.27. The number of halogens is 2. The average Bonchev–Trinajstić information content (AvgIpc) is 2.44. The summed E-state index contributed by atoms with van der Waals surface area (Å²) in [4.78, 5) is 15.7. The Labute approximate surface area is 107 Å². The van der Waals surface area contributed by atoms with Crippen molar-refractivity contribution in [2.75, 3.05) is 10.7 Å². The first kappa shape index (κ1) is 12.9. The van der Waals surface area contributed by atoms with Gasteiger partial charge in [-0.3, -0.25) is 4.79 Å². The fraction of sp³-hybridized carbons (Fsp3) is 0. The van der Waals surface area contributed by atoms with Gasteiger partial charge in [0.2, 0.25) is 0 Å². The molecule has 1 aromatic heterocycles. The third-order valence-corrected chi connectivity index (χ3v) is 2.37. The SMILES string of the molecule is NNc1cc(C(=O)Nc2cccc(F)c2F)ccn1. The zero-order valence-electron chi connectivity index (χ0n) is 9.65. The van der Waals surface area contributed by atoms with Gasteiger partial charge >= 0.3 is 0 Å². The van der Waals surface area contributed by atoms with Crippen molar-refractivity contribution in [3.63, 3.8) is 0 Å². The third-order valence-electron chi connectivity index (χ3n) is 2.37. The second kappa shape index (κ2) is 5.40. The molecule has 0 radical (unpaired) electrons. The molecule has 0 unspecified atom stereocenters. The molecular weight excluding hydrogens is 254 g/mol. The molecule has 1 aromatic carbocycles. The molecule has 0 aliphatic heterocycles. The van der Waals surface area contributed by atoms with Gasteiger partial charge in [-0.05, 0) is 24.3 Å². The highest BCUT2D eigenvalue weighted by Crippen LogP contribution is 2.17. The summed E-state index contributed by atoms with van der Waals surface area (Å²) in [5.41, 5.74) is 2.26. The summed E-state index contributed by atoms with van der Waals surface area (Å²) in [5.74, 6) is 2.71. The fourth-order valence-electron chi connectivity index (χ4n) is 1.45. The van der Waals surface area contributed by atoms with Crippen LogP contribution in [0.15, 0.2) is 36.5 Å². The Kier molecular flexibility index (Phi) is 3.67. The molecule has 2 rings (SSSR count). The van der Waals surface area contributed by atoms with Crippen LogP contribution in [0.5, 0.6) is 0 Å². The van der Waals surface area contributed by atoms with Crippen molar-refractivity contribution in [1.29, 1.82) is 0 Å². The molecule has 0 aliphatic carbocycles. The number of carbonyl (C=O) groups excluding carboxylic acids is 1. The fourth-order valence-corrected chi connectivity index (χ4v) is 1.45. The van der Waals surface area contributed by atoms with E-state index in [2.05, 4.69) is 15.7 Å². The zero-order valence-corrected chi connectivity index (χ0v) is 9.65. The minimum absolute atomic E-state index is 0.214. The molecule has 1 heterocycles. The summed E-state index contributed by atoms with van der Waals surface area (Å²) in [6.45, 7) is 0. The molecule has 0 aliphatic rings. The Hall–Kier alpha value is -2.54. The topological polar surface area (TPSA) is 80.0 Å². The molecule has 1 amide bonds. The van der Waals surface area contributed by atoms with Crippen molar-refractivity contribution in [3.05, 3.63) is 53.7 Å². The van der Waals surface area contributed by atoms with Crippen LogP contribution in [-0.4, -0.2) is 10.9 Å². The number of hydrazine groups is 1. The third kappa shape index (κ3) is 2.83. The average molecular weight is 264 g/mol. The highest BCUT2D eigenvalue weighted by molar-refractivity contribution is 6.04. The van der Waals surface area contributed by atoms with Gasteiger partial charge in [-0.25, -0.2) is 19.6 Å². The van der Waals surface area contributed by atoms with Gasteiger partial charge < -0.3 is 10.7 Å². The van der Waals surface area contributed by atoms with E-state index in [-0.39, 0.29) is 17.1 Å². The Morgan fingerprint density at radius 2 is 2.05 bits per heavy atom. The number of aromatic nitrogens is 1. The summed E-state index contributed by atoms with van der Waals surface area (Å²) in [6, 6.07) is 6.33. The maximum Gasteiger partial charge on any atom is 0.255 e. The molecular formula is C12H10F2N4O. The van der Waals surface area contributed by atoms with Crippen molar-refractivity contribution in [1.82, 2.24) is 4.98 Å². The first-order valence-electron chi connectivity index (χ1n) is 5.30. The molecule has 98 valence electrons. The molecule has 5 nitrogen and oxygen atoms in total. The van der Waals surface area contributed by atoms with Gasteiger partial charge in [-0.15, -0.1) is 0 Å². The van der Waals surface area contributed by atoms with Crippen LogP contribution in [0.1, 0.15) is 10.4 Å². The Morgan fingerprint density at radius 1 is 1.26 bits per heavy atom. The lowest BCUT2D eigenvalue weighted by Gasteiger charge is -2.07. The number of amides is 1. The van der Waals surface area contributed by atoms with Gasteiger partial charge in [0.1, 0.15) is 5.82 Å². The lowest BCUT2D eigenvalue weighted by molar-refractivity contribution is 0.102.